The molecule has 21 heavy (non-hydrogen) atoms. The van der Waals surface area contributed by atoms with Crippen molar-refractivity contribution in [1.82, 2.24) is 0 Å². The Morgan fingerprint density at radius 1 is 1.29 bits per heavy atom. The van der Waals surface area contributed by atoms with Crippen LogP contribution in [0.25, 0.3) is 0 Å². The van der Waals surface area contributed by atoms with Crippen LogP contribution >= 0.6 is 38.5 Å². The predicted octanol–water partition coefficient (Wildman–Crippen LogP) is 6.16. The molecule has 2 aliphatic carbocycles. The summed E-state index contributed by atoms with van der Waals surface area (Å²) in [4.78, 5) is 0. The summed E-state index contributed by atoms with van der Waals surface area (Å²) in [5, 5.41) is 0. The van der Waals surface area contributed by atoms with Crippen molar-refractivity contribution in [2.75, 3.05) is 4.43 Å². The van der Waals surface area contributed by atoms with Gasteiger partial charge >= 0.3 is 0 Å². The van der Waals surface area contributed by atoms with Gasteiger partial charge in [0.25, 0.3) is 0 Å². The Hall–Kier alpha value is 0.390. The number of fused-ring (bicyclic) bond motifs is 2. The summed E-state index contributed by atoms with van der Waals surface area (Å²) in [5.74, 6) is 0.840. The standard InChI is InChI=1S/C18H24BrIO/c1-17(2)13-8-9-18(17,3)16(10-13)21-15(11-20)12-4-6-14(19)7-5-12/h4-7,13,15-16H,8-11H2,1-3H3. The van der Waals surface area contributed by atoms with Crippen LogP contribution in [0.3, 0.4) is 0 Å². The highest BCUT2D eigenvalue weighted by Crippen LogP contribution is 2.66. The second-order valence-electron chi connectivity index (χ2n) is 7.43. The average molecular weight is 463 g/mol. The Bertz CT molecular complexity index is 512. The van der Waals surface area contributed by atoms with E-state index in [1.165, 1.54) is 24.8 Å². The van der Waals surface area contributed by atoms with Gasteiger partial charge in [0.15, 0.2) is 0 Å². The van der Waals surface area contributed by atoms with Gasteiger partial charge in [-0.05, 0) is 53.7 Å². The summed E-state index contributed by atoms with van der Waals surface area (Å²) in [6.45, 7) is 7.36. The Morgan fingerprint density at radius 3 is 2.43 bits per heavy atom. The molecule has 2 saturated carbocycles. The van der Waals surface area contributed by atoms with E-state index in [9.17, 15) is 0 Å². The van der Waals surface area contributed by atoms with Crippen molar-refractivity contribution in [3.05, 3.63) is 34.3 Å². The molecule has 0 aromatic heterocycles. The maximum atomic E-state index is 6.64. The van der Waals surface area contributed by atoms with Crippen LogP contribution in [0.2, 0.25) is 0 Å². The van der Waals surface area contributed by atoms with Crippen molar-refractivity contribution in [3.63, 3.8) is 0 Å². The zero-order chi connectivity index (χ0) is 15.3. The van der Waals surface area contributed by atoms with Crippen molar-refractivity contribution < 1.29 is 4.74 Å². The summed E-state index contributed by atoms with van der Waals surface area (Å²) in [7, 11) is 0. The first kappa shape index (κ1) is 16.3. The molecule has 0 heterocycles. The lowest BCUT2D eigenvalue weighted by molar-refractivity contribution is -0.0792. The van der Waals surface area contributed by atoms with E-state index in [1.54, 1.807) is 0 Å². The molecule has 0 amide bonds. The summed E-state index contributed by atoms with van der Waals surface area (Å²) >= 11 is 5.97. The zero-order valence-electron chi connectivity index (χ0n) is 13.0. The summed E-state index contributed by atoms with van der Waals surface area (Å²) in [6.07, 6.45) is 4.58. The minimum atomic E-state index is 0.218. The molecule has 1 nitrogen and oxygen atoms in total. The third-order valence-corrected chi connectivity index (χ3v) is 7.75. The number of ether oxygens (including phenoxy) is 1. The van der Waals surface area contributed by atoms with E-state index in [0.717, 1.165) is 14.8 Å². The molecular formula is C18H24BrIO. The van der Waals surface area contributed by atoms with Gasteiger partial charge in [0, 0.05) is 8.90 Å². The summed E-state index contributed by atoms with van der Waals surface area (Å²) < 4.78 is 8.78. The molecule has 3 heteroatoms. The fraction of sp³-hybridized carbons (Fsp3) is 0.667. The van der Waals surface area contributed by atoms with Crippen molar-refractivity contribution >= 4 is 38.5 Å². The van der Waals surface area contributed by atoms with Crippen molar-refractivity contribution in [1.29, 1.82) is 0 Å². The average Bonchev–Trinajstić information content (AvgIpc) is 2.79. The fourth-order valence-electron chi connectivity index (χ4n) is 4.42. The van der Waals surface area contributed by atoms with Crippen LogP contribution in [0.4, 0.5) is 0 Å². The summed E-state index contributed by atoms with van der Waals surface area (Å²) in [5.41, 5.74) is 2.07. The monoisotopic (exact) mass is 462 g/mol. The van der Waals surface area contributed by atoms with Gasteiger partial charge in [-0.25, -0.2) is 0 Å². The molecule has 4 unspecified atom stereocenters. The van der Waals surface area contributed by atoms with Crippen LogP contribution in [-0.4, -0.2) is 10.5 Å². The largest absolute Gasteiger partial charge is 0.369 e. The number of halogens is 2. The molecule has 0 saturated heterocycles. The third-order valence-electron chi connectivity index (χ3n) is 6.42. The van der Waals surface area contributed by atoms with Gasteiger partial charge in [-0.1, -0.05) is 71.4 Å². The number of rotatable bonds is 4. The van der Waals surface area contributed by atoms with Crippen LogP contribution in [0.1, 0.15) is 51.7 Å². The van der Waals surface area contributed by atoms with E-state index in [1.807, 2.05) is 0 Å². The van der Waals surface area contributed by atoms with Gasteiger partial charge in [-0.3, -0.25) is 0 Å². The minimum Gasteiger partial charge on any atom is -0.369 e. The van der Waals surface area contributed by atoms with Crippen LogP contribution in [0.15, 0.2) is 28.7 Å². The normalized spacial score (nSPS) is 35.1. The Kier molecular flexibility index (Phi) is 4.48. The van der Waals surface area contributed by atoms with Crippen molar-refractivity contribution in [3.8, 4) is 0 Å². The SMILES string of the molecule is CC1(C)C2CCC1(C)C(OC(CI)c1ccc(Br)cc1)C2. The van der Waals surface area contributed by atoms with E-state index in [-0.39, 0.29) is 6.10 Å². The topological polar surface area (TPSA) is 9.23 Å². The highest BCUT2D eigenvalue weighted by atomic mass is 127. The Morgan fingerprint density at radius 2 is 1.95 bits per heavy atom. The molecule has 2 bridgehead atoms. The molecule has 1 aromatic rings. The first-order valence-electron chi connectivity index (χ1n) is 7.85. The molecule has 4 atom stereocenters. The number of alkyl halides is 1. The second-order valence-corrected chi connectivity index (χ2v) is 9.23. The van der Waals surface area contributed by atoms with Crippen LogP contribution in [0.5, 0.6) is 0 Å². The number of hydrogen-bond acceptors (Lipinski definition) is 1. The van der Waals surface area contributed by atoms with Gasteiger partial charge in [-0.2, -0.15) is 0 Å². The highest BCUT2D eigenvalue weighted by molar-refractivity contribution is 14.1. The first-order chi connectivity index (χ1) is 9.88. The Labute approximate surface area is 150 Å². The fourth-order valence-corrected chi connectivity index (χ4v) is 5.40. The van der Waals surface area contributed by atoms with E-state index in [4.69, 9.17) is 4.74 Å². The van der Waals surface area contributed by atoms with E-state index in [2.05, 4.69) is 83.6 Å². The molecule has 1 aromatic carbocycles. The minimum absolute atomic E-state index is 0.218. The molecule has 2 fully saturated rings. The smallest absolute Gasteiger partial charge is 0.0918 e. The molecular weight excluding hydrogens is 439 g/mol. The van der Waals surface area contributed by atoms with E-state index >= 15 is 0 Å². The highest BCUT2D eigenvalue weighted by Gasteiger charge is 2.62. The molecule has 0 aliphatic heterocycles. The Balaban J connectivity index is 1.78. The molecule has 0 radical (unpaired) electrons. The molecule has 2 aliphatic rings. The molecule has 0 spiro atoms. The molecule has 3 rings (SSSR count). The van der Waals surface area contributed by atoms with Gasteiger partial charge < -0.3 is 4.74 Å². The predicted molar refractivity (Wildman–Crippen MR) is 99.9 cm³/mol. The first-order valence-corrected chi connectivity index (χ1v) is 10.2. The number of benzene rings is 1. The van der Waals surface area contributed by atoms with E-state index < -0.39 is 0 Å². The van der Waals surface area contributed by atoms with Crippen LogP contribution in [-0.2, 0) is 4.74 Å². The van der Waals surface area contributed by atoms with E-state index in [0.29, 0.717) is 16.9 Å². The molecule has 0 N–H and O–H groups in total. The lowest BCUT2D eigenvalue weighted by Crippen LogP contribution is -2.38. The zero-order valence-corrected chi connectivity index (χ0v) is 16.8. The van der Waals surface area contributed by atoms with Gasteiger partial charge in [-0.15, -0.1) is 0 Å². The lowest BCUT2D eigenvalue weighted by Gasteiger charge is -2.40. The van der Waals surface area contributed by atoms with Gasteiger partial charge in [0.05, 0.1) is 12.2 Å². The van der Waals surface area contributed by atoms with Crippen LogP contribution in [0, 0.1) is 16.7 Å². The van der Waals surface area contributed by atoms with Gasteiger partial charge in [0.1, 0.15) is 0 Å². The third kappa shape index (κ3) is 2.61. The maximum absolute atomic E-state index is 6.64. The lowest BCUT2D eigenvalue weighted by atomic mass is 9.70. The molecule has 116 valence electrons. The quantitative estimate of drug-likeness (QED) is 0.384. The van der Waals surface area contributed by atoms with Gasteiger partial charge in [0.2, 0.25) is 0 Å². The van der Waals surface area contributed by atoms with Crippen molar-refractivity contribution in [2.45, 2.75) is 52.2 Å². The van der Waals surface area contributed by atoms with Crippen molar-refractivity contribution in [2.24, 2.45) is 16.7 Å². The maximum Gasteiger partial charge on any atom is 0.0918 e. The summed E-state index contributed by atoms with van der Waals surface area (Å²) in [6, 6.07) is 8.61. The second kappa shape index (κ2) is 5.79. The number of hydrogen-bond donors (Lipinski definition) is 0. The van der Waals surface area contributed by atoms with Crippen LogP contribution < -0.4 is 0 Å².